The summed E-state index contributed by atoms with van der Waals surface area (Å²) in [7, 11) is 3.62. The average Bonchev–Trinajstić information content (AvgIpc) is 2.94. The molecule has 1 amide bonds. The van der Waals surface area contributed by atoms with Crippen LogP contribution in [0.25, 0.3) is 0 Å². The second-order valence-corrected chi connectivity index (χ2v) is 6.13. The largest absolute Gasteiger partial charge is 0.378 e. The van der Waals surface area contributed by atoms with Crippen LogP contribution in [0.4, 0.5) is 0 Å². The van der Waals surface area contributed by atoms with Crippen LogP contribution in [0.1, 0.15) is 34.8 Å². The van der Waals surface area contributed by atoms with Crippen molar-refractivity contribution in [3.05, 3.63) is 16.1 Å². The van der Waals surface area contributed by atoms with Crippen LogP contribution in [-0.2, 0) is 11.3 Å². The molecule has 7 heteroatoms. The van der Waals surface area contributed by atoms with Crippen molar-refractivity contribution in [2.75, 3.05) is 33.8 Å². The van der Waals surface area contributed by atoms with Gasteiger partial charge in [-0.3, -0.25) is 4.79 Å². The number of methoxy groups -OCH3 is 1. The number of carbonyl (C=O) groups excluding carboxylic acids is 1. The van der Waals surface area contributed by atoms with Crippen molar-refractivity contribution in [2.24, 2.45) is 5.92 Å². The molecule has 2 heterocycles. The van der Waals surface area contributed by atoms with Gasteiger partial charge in [-0.15, -0.1) is 23.7 Å². The number of rotatable bonds is 6. The number of hydrogen-bond acceptors (Lipinski definition) is 5. The Balaban J connectivity index is 0.00000220. The molecule has 1 aromatic rings. The molecule has 0 aromatic carbocycles. The fourth-order valence-corrected chi connectivity index (χ4v) is 3.27. The monoisotopic (exact) mass is 333 g/mol. The fraction of sp³-hybridized carbons (Fsp3) is 0.714. The number of halogens is 1. The van der Waals surface area contributed by atoms with Gasteiger partial charge in [-0.1, -0.05) is 0 Å². The Morgan fingerprint density at radius 2 is 2.24 bits per heavy atom. The van der Waals surface area contributed by atoms with Gasteiger partial charge in [0.15, 0.2) is 0 Å². The van der Waals surface area contributed by atoms with Crippen LogP contribution in [-0.4, -0.2) is 49.6 Å². The molecular weight excluding hydrogens is 310 g/mol. The third-order valence-electron chi connectivity index (χ3n) is 3.74. The molecule has 0 atom stereocenters. The SMILES string of the molecule is CNCCC1CCN(C(=O)c2csc(COC)n2)CC1.Cl. The lowest BCUT2D eigenvalue weighted by atomic mass is 9.93. The van der Waals surface area contributed by atoms with E-state index < -0.39 is 0 Å². The first kappa shape index (κ1) is 18.4. The highest BCUT2D eigenvalue weighted by atomic mass is 35.5. The molecule has 0 saturated carbocycles. The highest BCUT2D eigenvalue weighted by Gasteiger charge is 2.24. The lowest BCUT2D eigenvalue weighted by molar-refractivity contribution is 0.0681. The van der Waals surface area contributed by atoms with Crippen molar-refractivity contribution >= 4 is 29.7 Å². The molecule has 1 N–H and O–H groups in total. The molecule has 1 aliphatic rings. The average molecular weight is 334 g/mol. The van der Waals surface area contributed by atoms with E-state index in [1.165, 1.54) is 17.8 Å². The number of nitrogens with zero attached hydrogens (tertiary/aromatic N) is 2. The Labute approximate surface area is 136 Å². The molecular formula is C14H24ClN3O2S. The summed E-state index contributed by atoms with van der Waals surface area (Å²) in [4.78, 5) is 18.6. The smallest absolute Gasteiger partial charge is 0.273 e. The van der Waals surface area contributed by atoms with Gasteiger partial charge in [0.25, 0.3) is 5.91 Å². The number of likely N-dealkylation sites (tertiary alicyclic amines) is 1. The van der Waals surface area contributed by atoms with Gasteiger partial charge in [0.2, 0.25) is 0 Å². The highest BCUT2D eigenvalue weighted by molar-refractivity contribution is 7.09. The molecule has 0 bridgehead atoms. The van der Waals surface area contributed by atoms with Crippen molar-refractivity contribution in [2.45, 2.75) is 25.9 Å². The molecule has 1 fully saturated rings. The summed E-state index contributed by atoms with van der Waals surface area (Å²) < 4.78 is 5.04. The van der Waals surface area contributed by atoms with Gasteiger partial charge in [-0.2, -0.15) is 0 Å². The first-order chi connectivity index (χ1) is 9.74. The van der Waals surface area contributed by atoms with Gasteiger partial charge in [0.1, 0.15) is 10.7 Å². The summed E-state index contributed by atoms with van der Waals surface area (Å²) >= 11 is 1.49. The van der Waals surface area contributed by atoms with Crippen LogP contribution in [0.2, 0.25) is 0 Å². The summed E-state index contributed by atoms with van der Waals surface area (Å²) in [6.07, 6.45) is 3.40. The summed E-state index contributed by atoms with van der Waals surface area (Å²) in [5.41, 5.74) is 0.565. The van der Waals surface area contributed by atoms with E-state index in [1.54, 1.807) is 7.11 Å². The van der Waals surface area contributed by atoms with Crippen LogP contribution in [0.15, 0.2) is 5.38 Å². The Bertz CT molecular complexity index is 434. The van der Waals surface area contributed by atoms with Gasteiger partial charge in [-0.05, 0) is 38.8 Å². The number of aromatic nitrogens is 1. The van der Waals surface area contributed by atoms with E-state index in [-0.39, 0.29) is 18.3 Å². The standard InChI is InChI=1S/C14H23N3O2S.ClH/c1-15-6-3-11-4-7-17(8-5-11)14(18)12-10-20-13(16-12)9-19-2;/h10-11,15H,3-9H2,1-2H3;1H. The molecule has 21 heavy (non-hydrogen) atoms. The van der Waals surface area contributed by atoms with E-state index in [1.807, 2.05) is 17.3 Å². The molecule has 2 rings (SSSR count). The number of nitrogens with one attached hydrogen (secondary N) is 1. The number of ether oxygens (including phenoxy) is 1. The van der Waals surface area contributed by atoms with Crippen molar-refractivity contribution in [1.82, 2.24) is 15.2 Å². The zero-order chi connectivity index (χ0) is 14.4. The maximum Gasteiger partial charge on any atom is 0.273 e. The van der Waals surface area contributed by atoms with Crippen LogP contribution in [0, 0.1) is 5.92 Å². The maximum absolute atomic E-state index is 12.4. The van der Waals surface area contributed by atoms with E-state index in [2.05, 4.69) is 10.3 Å². The molecule has 0 spiro atoms. The van der Waals surface area contributed by atoms with Gasteiger partial charge in [-0.25, -0.2) is 4.98 Å². The Morgan fingerprint density at radius 3 is 2.86 bits per heavy atom. The third-order valence-corrected chi connectivity index (χ3v) is 4.57. The van der Waals surface area contributed by atoms with Crippen LogP contribution < -0.4 is 5.32 Å². The first-order valence-electron chi connectivity index (χ1n) is 7.11. The minimum atomic E-state index is 0. The van der Waals surface area contributed by atoms with Gasteiger partial charge >= 0.3 is 0 Å². The minimum absolute atomic E-state index is 0. The maximum atomic E-state index is 12.4. The molecule has 1 aliphatic heterocycles. The Morgan fingerprint density at radius 1 is 1.52 bits per heavy atom. The van der Waals surface area contributed by atoms with Crippen LogP contribution >= 0.6 is 23.7 Å². The normalized spacial score (nSPS) is 15.8. The zero-order valence-corrected chi connectivity index (χ0v) is 14.3. The molecule has 1 aromatic heterocycles. The van der Waals surface area contributed by atoms with Crippen molar-refractivity contribution in [3.8, 4) is 0 Å². The van der Waals surface area contributed by atoms with E-state index >= 15 is 0 Å². The number of carbonyl (C=O) groups is 1. The number of hydrogen-bond donors (Lipinski definition) is 1. The number of amides is 1. The van der Waals surface area contributed by atoms with E-state index in [0.717, 1.165) is 43.4 Å². The third kappa shape index (κ3) is 5.21. The van der Waals surface area contributed by atoms with Gasteiger partial charge in [0.05, 0.1) is 6.61 Å². The van der Waals surface area contributed by atoms with Gasteiger partial charge < -0.3 is 15.0 Å². The quantitative estimate of drug-likeness (QED) is 0.867. The van der Waals surface area contributed by atoms with Crippen molar-refractivity contribution < 1.29 is 9.53 Å². The number of piperidine rings is 1. The second-order valence-electron chi connectivity index (χ2n) is 5.19. The molecule has 0 radical (unpaired) electrons. The van der Waals surface area contributed by atoms with Crippen LogP contribution in [0.5, 0.6) is 0 Å². The second kappa shape index (κ2) is 9.35. The summed E-state index contributed by atoms with van der Waals surface area (Å²) in [5.74, 6) is 0.807. The molecule has 0 aliphatic carbocycles. The first-order valence-corrected chi connectivity index (χ1v) is 7.99. The Hall–Kier alpha value is -0.690. The molecule has 5 nitrogen and oxygen atoms in total. The summed E-state index contributed by atoms with van der Waals surface area (Å²) in [6, 6.07) is 0. The zero-order valence-electron chi connectivity index (χ0n) is 12.6. The lowest BCUT2D eigenvalue weighted by Crippen LogP contribution is -2.39. The summed E-state index contributed by atoms with van der Waals surface area (Å²) in [5, 5.41) is 5.89. The number of thiazole rings is 1. The highest BCUT2D eigenvalue weighted by Crippen LogP contribution is 2.22. The topological polar surface area (TPSA) is 54.5 Å². The minimum Gasteiger partial charge on any atom is -0.378 e. The fourth-order valence-electron chi connectivity index (χ4n) is 2.53. The predicted octanol–water partition coefficient (Wildman–Crippen LogP) is 2.17. The van der Waals surface area contributed by atoms with E-state index in [9.17, 15) is 4.79 Å². The van der Waals surface area contributed by atoms with Crippen molar-refractivity contribution in [3.63, 3.8) is 0 Å². The van der Waals surface area contributed by atoms with Crippen molar-refractivity contribution in [1.29, 1.82) is 0 Å². The molecule has 120 valence electrons. The molecule has 1 saturated heterocycles. The lowest BCUT2D eigenvalue weighted by Gasteiger charge is -2.31. The molecule has 0 unspecified atom stereocenters. The van der Waals surface area contributed by atoms with Gasteiger partial charge in [0, 0.05) is 25.6 Å². The van der Waals surface area contributed by atoms with E-state index in [4.69, 9.17) is 4.74 Å². The summed E-state index contributed by atoms with van der Waals surface area (Å²) in [6.45, 7) is 3.24. The predicted molar refractivity (Wildman–Crippen MR) is 87.2 cm³/mol. The van der Waals surface area contributed by atoms with E-state index in [0.29, 0.717) is 12.3 Å². The van der Waals surface area contributed by atoms with Crippen LogP contribution in [0.3, 0.4) is 0 Å². The Kier molecular flexibility index (Phi) is 8.18.